The maximum atomic E-state index is 11.8. The van der Waals surface area contributed by atoms with E-state index in [0.717, 1.165) is 31.2 Å². The van der Waals surface area contributed by atoms with Crippen LogP contribution in [0.15, 0.2) is 18.3 Å². The van der Waals surface area contributed by atoms with Crippen molar-refractivity contribution in [2.75, 3.05) is 28.5 Å². The zero-order valence-electron chi connectivity index (χ0n) is 12.9. The largest absolute Gasteiger partial charge is 0.357 e. The van der Waals surface area contributed by atoms with Gasteiger partial charge >= 0.3 is 0 Å². The van der Waals surface area contributed by atoms with Crippen LogP contribution in [-0.2, 0) is 10.0 Å². The van der Waals surface area contributed by atoms with E-state index in [2.05, 4.69) is 21.5 Å². The lowest BCUT2D eigenvalue weighted by Crippen LogP contribution is -2.33. The molecule has 1 saturated heterocycles. The van der Waals surface area contributed by atoms with Gasteiger partial charge < -0.3 is 4.90 Å². The van der Waals surface area contributed by atoms with Crippen molar-refractivity contribution >= 4 is 21.5 Å². The third-order valence-electron chi connectivity index (χ3n) is 3.90. The number of unbranched alkanes of at least 4 members (excludes halogenated alkanes) is 1. The van der Waals surface area contributed by atoms with E-state index in [1.807, 2.05) is 13.0 Å². The van der Waals surface area contributed by atoms with E-state index in [0.29, 0.717) is 12.1 Å². The maximum absolute atomic E-state index is 11.8. The first-order chi connectivity index (χ1) is 10.00. The monoisotopic (exact) mass is 311 g/mol. The highest BCUT2D eigenvalue weighted by Gasteiger charge is 2.17. The molecule has 6 heteroatoms. The number of aromatic nitrogens is 1. The minimum absolute atomic E-state index is 0.162. The molecule has 1 aromatic rings. The Balaban J connectivity index is 1.96. The Bertz CT molecular complexity index is 535. The van der Waals surface area contributed by atoms with Crippen LogP contribution >= 0.6 is 0 Å². The predicted molar refractivity (Wildman–Crippen MR) is 87.2 cm³/mol. The van der Waals surface area contributed by atoms with Crippen LogP contribution < -0.4 is 9.62 Å². The molecule has 1 aliphatic heterocycles. The molecular formula is C15H25N3O2S. The molecule has 0 aliphatic carbocycles. The number of nitrogens with zero attached hydrogens (tertiary/aromatic N) is 2. The van der Waals surface area contributed by atoms with Gasteiger partial charge in [-0.25, -0.2) is 13.4 Å². The van der Waals surface area contributed by atoms with Crippen LogP contribution in [0.5, 0.6) is 0 Å². The average Bonchev–Trinajstić information content (AvgIpc) is 2.47. The normalized spacial score (nSPS) is 17.0. The summed E-state index contributed by atoms with van der Waals surface area (Å²) in [6.07, 6.45) is 5.52. The number of nitrogens with one attached hydrogen (secondary N) is 1. The van der Waals surface area contributed by atoms with Crippen molar-refractivity contribution in [1.29, 1.82) is 0 Å². The van der Waals surface area contributed by atoms with Gasteiger partial charge in [0.05, 0.1) is 17.6 Å². The molecule has 0 aromatic carbocycles. The minimum Gasteiger partial charge on any atom is -0.357 e. The fraction of sp³-hybridized carbons (Fsp3) is 0.667. The van der Waals surface area contributed by atoms with Crippen molar-refractivity contribution in [3.8, 4) is 0 Å². The highest BCUT2D eigenvalue weighted by molar-refractivity contribution is 7.92. The fourth-order valence-corrected chi connectivity index (χ4v) is 3.69. The summed E-state index contributed by atoms with van der Waals surface area (Å²) in [4.78, 5) is 6.65. The van der Waals surface area contributed by atoms with Gasteiger partial charge in [-0.1, -0.05) is 20.3 Å². The van der Waals surface area contributed by atoms with Crippen molar-refractivity contribution in [2.24, 2.45) is 5.92 Å². The Hall–Kier alpha value is -1.30. The summed E-state index contributed by atoms with van der Waals surface area (Å²) in [5, 5.41) is 0. The van der Waals surface area contributed by atoms with Gasteiger partial charge in [-0.3, -0.25) is 4.72 Å². The van der Waals surface area contributed by atoms with Crippen LogP contribution in [0.4, 0.5) is 11.5 Å². The first-order valence-corrected chi connectivity index (χ1v) is 9.37. The van der Waals surface area contributed by atoms with Gasteiger partial charge in [0.1, 0.15) is 5.82 Å². The Labute approximate surface area is 127 Å². The zero-order chi connectivity index (χ0) is 15.3. The number of hydrogen-bond donors (Lipinski definition) is 1. The maximum Gasteiger partial charge on any atom is 0.232 e. The van der Waals surface area contributed by atoms with Crippen LogP contribution in [0.25, 0.3) is 0 Å². The topological polar surface area (TPSA) is 62.3 Å². The third kappa shape index (κ3) is 4.88. The van der Waals surface area contributed by atoms with Crippen LogP contribution in [-0.4, -0.2) is 32.2 Å². The van der Waals surface area contributed by atoms with Crippen molar-refractivity contribution < 1.29 is 8.42 Å². The van der Waals surface area contributed by atoms with E-state index < -0.39 is 10.0 Å². The van der Waals surface area contributed by atoms with E-state index in [4.69, 9.17) is 0 Å². The van der Waals surface area contributed by atoms with E-state index >= 15 is 0 Å². The number of piperidine rings is 1. The van der Waals surface area contributed by atoms with Crippen LogP contribution in [0.2, 0.25) is 0 Å². The first kappa shape index (κ1) is 16.1. The number of rotatable bonds is 6. The number of anilines is 2. The van der Waals surface area contributed by atoms with Gasteiger partial charge in [0.25, 0.3) is 0 Å². The van der Waals surface area contributed by atoms with Gasteiger partial charge in [-0.2, -0.15) is 0 Å². The Kier molecular flexibility index (Phi) is 5.45. The molecule has 0 unspecified atom stereocenters. The molecule has 2 heterocycles. The first-order valence-electron chi connectivity index (χ1n) is 7.71. The summed E-state index contributed by atoms with van der Waals surface area (Å²) < 4.78 is 26.2. The smallest absolute Gasteiger partial charge is 0.232 e. The van der Waals surface area contributed by atoms with E-state index in [9.17, 15) is 8.42 Å². The van der Waals surface area contributed by atoms with Gasteiger partial charge in [0, 0.05) is 13.1 Å². The number of sulfonamides is 1. The Morgan fingerprint density at radius 3 is 2.62 bits per heavy atom. The van der Waals surface area contributed by atoms with Gasteiger partial charge in [0.2, 0.25) is 10.0 Å². The summed E-state index contributed by atoms with van der Waals surface area (Å²) >= 11 is 0. The van der Waals surface area contributed by atoms with Gasteiger partial charge in [0.15, 0.2) is 0 Å². The predicted octanol–water partition coefficient (Wildman–Crippen LogP) is 2.86. The lowest BCUT2D eigenvalue weighted by Gasteiger charge is -2.31. The second-order valence-electron chi connectivity index (χ2n) is 5.85. The lowest BCUT2D eigenvalue weighted by atomic mass is 9.99. The van der Waals surface area contributed by atoms with Crippen LogP contribution in [0.3, 0.4) is 0 Å². The summed E-state index contributed by atoms with van der Waals surface area (Å²) in [5.41, 5.74) is 0.542. The summed E-state index contributed by atoms with van der Waals surface area (Å²) in [6, 6.07) is 3.69. The third-order valence-corrected chi connectivity index (χ3v) is 5.27. The highest BCUT2D eigenvalue weighted by Crippen LogP contribution is 2.22. The molecule has 1 fully saturated rings. The summed E-state index contributed by atoms with van der Waals surface area (Å²) in [7, 11) is -3.25. The molecule has 1 aliphatic rings. The van der Waals surface area contributed by atoms with Crippen molar-refractivity contribution in [1.82, 2.24) is 4.98 Å². The average molecular weight is 311 g/mol. The van der Waals surface area contributed by atoms with E-state index in [-0.39, 0.29) is 5.75 Å². The molecule has 0 spiro atoms. The van der Waals surface area contributed by atoms with Gasteiger partial charge in [-0.15, -0.1) is 0 Å². The molecule has 0 bridgehead atoms. The second-order valence-corrected chi connectivity index (χ2v) is 7.69. The molecule has 21 heavy (non-hydrogen) atoms. The molecule has 0 radical (unpaired) electrons. The second kappa shape index (κ2) is 7.11. The lowest BCUT2D eigenvalue weighted by molar-refractivity contribution is 0.436. The summed E-state index contributed by atoms with van der Waals surface area (Å²) in [5.74, 6) is 1.87. The Morgan fingerprint density at radius 1 is 1.33 bits per heavy atom. The SMILES string of the molecule is CCCCS(=O)(=O)Nc1ccc(N2CCC(C)CC2)nc1. The molecule has 2 rings (SSSR count). The molecule has 1 N–H and O–H groups in total. The molecular weight excluding hydrogens is 286 g/mol. The minimum atomic E-state index is -3.25. The molecule has 0 amide bonds. The van der Waals surface area contributed by atoms with E-state index in [1.165, 1.54) is 12.8 Å². The van der Waals surface area contributed by atoms with Crippen LogP contribution in [0, 0.1) is 5.92 Å². The molecule has 0 atom stereocenters. The number of hydrogen-bond acceptors (Lipinski definition) is 4. The van der Waals surface area contributed by atoms with Crippen LogP contribution in [0.1, 0.15) is 39.5 Å². The molecule has 0 saturated carbocycles. The highest BCUT2D eigenvalue weighted by atomic mass is 32.2. The zero-order valence-corrected chi connectivity index (χ0v) is 13.7. The fourth-order valence-electron chi connectivity index (χ4n) is 2.44. The molecule has 1 aromatic heterocycles. The van der Waals surface area contributed by atoms with Crippen molar-refractivity contribution in [3.63, 3.8) is 0 Å². The quantitative estimate of drug-likeness (QED) is 0.877. The molecule has 5 nitrogen and oxygen atoms in total. The molecule has 118 valence electrons. The summed E-state index contributed by atoms with van der Waals surface area (Å²) in [6.45, 7) is 6.30. The van der Waals surface area contributed by atoms with E-state index in [1.54, 1.807) is 12.3 Å². The van der Waals surface area contributed by atoms with Crippen molar-refractivity contribution in [2.45, 2.75) is 39.5 Å². The standard InChI is InChI=1S/C15H25N3O2S/c1-3-4-11-21(19,20)17-14-5-6-15(16-12-14)18-9-7-13(2)8-10-18/h5-6,12-13,17H,3-4,7-11H2,1-2H3. The Morgan fingerprint density at radius 2 is 2.05 bits per heavy atom. The number of pyridine rings is 1. The van der Waals surface area contributed by atoms with Crippen molar-refractivity contribution in [3.05, 3.63) is 18.3 Å². The van der Waals surface area contributed by atoms with Gasteiger partial charge in [-0.05, 0) is 37.3 Å².